The summed E-state index contributed by atoms with van der Waals surface area (Å²) < 4.78 is 25.3. The summed E-state index contributed by atoms with van der Waals surface area (Å²) >= 11 is 0. The van der Waals surface area contributed by atoms with Crippen LogP contribution >= 0.6 is 0 Å². The van der Waals surface area contributed by atoms with Gasteiger partial charge in [0.15, 0.2) is 9.84 Å². The standard InChI is InChI=1S/C20H26N4O6S/c1-31(28,29)18-9-7-15(8-10-18)19-13-23(12-11-17(22-25)14-30-24(26)27)21-20(19)16-5-3-2-4-6-16/h7-10,13,16,25H,2-6,11-12,14H2,1H3/b22-17+. The van der Waals surface area contributed by atoms with E-state index in [1.54, 1.807) is 28.9 Å². The lowest BCUT2D eigenvalue weighted by atomic mass is 9.84. The van der Waals surface area contributed by atoms with Crippen LogP contribution in [0.2, 0.25) is 0 Å². The Bertz CT molecular complexity index is 1040. The zero-order valence-electron chi connectivity index (χ0n) is 17.3. The zero-order valence-corrected chi connectivity index (χ0v) is 18.1. The summed E-state index contributed by atoms with van der Waals surface area (Å²) in [6.07, 6.45) is 8.90. The minimum absolute atomic E-state index is 0.144. The van der Waals surface area contributed by atoms with Crippen LogP contribution in [0, 0.1) is 10.1 Å². The lowest BCUT2D eigenvalue weighted by Crippen LogP contribution is -2.15. The van der Waals surface area contributed by atoms with Crippen molar-refractivity contribution in [3.8, 4) is 11.1 Å². The average molecular weight is 451 g/mol. The summed E-state index contributed by atoms with van der Waals surface area (Å²) in [5, 5.41) is 26.3. The third kappa shape index (κ3) is 6.03. The highest BCUT2D eigenvalue weighted by molar-refractivity contribution is 7.90. The maximum atomic E-state index is 11.8. The molecule has 2 aromatic rings. The summed E-state index contributed by atoms with van der Waals surface area (Å²) in [4.78, 5) is 14.9. The Morgan fingerprint density at radius 3 is 2.55 bits per heavy atom. The van der Waals surface area contributed by atoms with Gasteiger partial charge in [0.25, 0.3) is 5.09 Å². The molecule has 1 aromatic carbocycles. The van der Waals surface area contributed by atoms with Crippen LogP contribution in [-0.2, 0) is 21.2 Å². The van der Waals surface area contributed by atoms with Gasteiger partial charge in [0.2, 0.25) is 0 Å². The number of benzene rings is 1. The lowest BCUT2D eigenvalue weighted by Gasteiger charge is -2.21. The van der Waals surface area contributed by atoms with Crippen LogP contribution in [0.1, 0.15) is 50.1 Å². The van der Waals surface area contributed by atoms with Crippen molar-refractivity contribution in [1.82, 2.24) is 9.78 Å². The Morgan fingerprint density at radius 2 is 1.97 bits per heavy atom. The molecule has 10 nitrogen and oxygen atoms in total. The predicted octanol–water partition coefficient (Wildman–Crippen LogP) is 3.43. The van der Waals surface area contributed by atoms with Crippen LogP contribution in [-0.4, -0.2) is 47.1 Å². The molecule has 0 aliphatic heterocycles. The van der Waals surface area contributed by atoms with Gasteiger partial charge in [-0.3, -0.25) is 4.68 Å². The van der Waals surface area contributed by atoms with Crippen LogP contribution in [0.4, 0.5) is 0 Å². The minimum atomic E-state index is -3.28. The minimum Gasteiger partial charge on any atom is -0.411 e. The smallest absolute Gasteiger partial charge is 0.294 e. The van der Waals surface area contributed by atoms with Crippen molar-refractivity contribution in [1.29, 1.82) is 0 Å². The van der Waals surface area contributed by atoms with Gasteiger partial charge in [0.05, 0.1) is 16.3 Å². The number of hydrogen-bond donors (Lipinski definition) is 1. The monoisotopic (exact) mass is 450 g/mol. The molecule has 1 fully saturated rings. The summed E-state index contributed by atoms with van der Waals surface area (Å²) in [7, 11) is -3.28. The van der Waals surface area contributed by atoms with E-state index in [9.17, 15) is 18.5 Å². The quantitative estimate of drug-likeness (QED) is 0.267. The first-order valence-electron chi connectivity index (χ1n) is 10.1. The van der Waals surface area contributed by atoms with E-state index < -0.39 is 21.5 Å². The van der Waals surface area contributed by atoms with E-state index in [0.29, 0.717) is 12.5 Å². The second kappa shape index (κ2) is 9.90. The molecule has 1 heterocycles. The van der Waals surface area contributed by atoms with Gasteiger partial charge in [0.1, 0.15) is 6.61 Å². The molecule has 1 aliphatic carbocycles. The predicted molar refractivity (Wildman–Crippen MR) is 113 cm³/mol. The van der Waals surface area contributed by atoms with Crippen LogP contribution in [0.15, 0.2) is 40.5 Å². The molecule has 3 rings (SSSR count). The Hall–Kier alpha value is -2.95. The lowest BCUT2D eigenvalue weighted by molar-refractivity contribution is -0.753. The molecule has 0 radical (unpaired) electrons. The number of aromatic nitrogens is 2. The average Bonchev–Trinajstić information content (AvgIpc) is 3.18. The highest BCUT2D eigenvalue weighted by Crippen LogP contribution is 2.37. The molecular weight excluding hydrogens is 424 g/mol. The fourth-order valence-electron chi connectivity index (χ4n) is 3.85. The van der Waals surface area contributed by atoms with Crippen molar-refractivity contribution in [2.24, 2.45) is 5.16 Å². The molecule has 168 valence electrons. The molecule has 0 unspecified atom stereocenters. The van der Waals surface area contributed by atoms with Crippen LogP contribution in [0.5, 0.6) is 0 Å². The second-order valence-corrected chi connectivity index (χ2v) is 9.75. The first kappa shape index (κ1) is 22.7. The van der Waals surface area contributed by atoms with Gasteiger partial charge in [-0.25, -0.2) is 8.42 Å². The number of oxime groups is 1. The van der Waals surface area contributed by atoms with Gasteiger partial charge in [-0.05, 0) is 30.5 Å². The van der Waals surface area contributed by atoms with Crippen molar-refractivity contribution in [3.05, 3.63) is 46.3 Å². The molecule has 1 N–H and O–H groups in total. The maximum absolute atomic E-state index is 11.8. The van der Waals surface area contributed by atoms with E-state index in [4.69, 9.17) is 10.3 Å². The van der Waals surface area contributed by atoms with E-state index in [2.05, 4.69) is 9.99 Å². The summed E-state index contributed by atoms with van der Waals surface area (Å²) in [6.45, 7) is -0.0400. The van der Waals surface area contributed by atoms with Crippen molar-refractivity contribution in [3.63, 3.8) is 0 Å². The van der Waals surface area contributed by atoms with Gasteiger partial charge in [-0.1, -0.05) is 36.6 Å². The number of aryl methyl sites for hydroxylation is 1. The maximum Gasteiger partial charge on any atom is 0.294 e. The summed E-state index contributed by atoms with van der Waals surface area (Å²) in [5.74, 6) is 0.323. The van der Waals surface area contributed by atoms with E-state index in [0.717, 1.165) is 42.5 Å². The summed E-state index contributed by atoms with van der Waals surface area (Å²) in [6, 6.07) is 6.77. The molecular formula is C20H26N4O6S. The van der Waals surface area contributed by atoms with Crippen molar-refractivity contribution < 1.29 is 23.5 Å². The molecule has 0 atom stereocenters. The molecule has 1 saturated carbocycles. The Kier molecular flexibility index (Phi) is 7.26. The summed E-state index contributed by atoms with van der Waals surface area (Å²) in [5.41, 5.74) is 2.93. The van der Waals surface area contributed by atoms with Gasteiger partial charge in [-0.15, -0.1) is 10.1 Å². The van der Waals surface area contributed by atoms with Crippen LogP contribution in [0.25, 0.3) is 11.1 Å². The largest absolute Gasteiger partial charge is 0.411 e. The molecule has 11 heteroatoms. The topological polar surface area (TPSA) is 137 Å². The van der Waals surface area contributed by atoms with E-state index in [1.165, 1.54) is 12.7 Å². The Labute approximate surface area is 180 Å². The molecule has 0 bridgehead atoms. The fourth-order valence-corrected chi connectivity index (χ4v) is 4.48. The molecule has 1 aromatic heterocycles. The normalized spacial score (nSPS) is 15.7. The zero-order chi connectivity index (χ0) is 22.4. The molecule has 0 amide bonds. The highest BCUT2D eigenvalue weighted by atomic mass is 32.2. The molecule has 31 heavy (non-hydrogen) atoms. The number of hydrogen-bond acceptors (Lipinski definition) is 8. The molecule has 1 aliphatic rings. The second-order valence-electron chi connectivity index (χ2n) is 7.74. The van der Waals surface area contributed by atoms with Gasteiger partial charge < -0.3 is 10.0 Å². The molecule has 0 saturated heterocycles. The third-order valence-corrected chi connectivity index (χ3v) is 6.61. The highest BCUT2D eigenvalue weighted by Gasteiger charge is 2.23. The van der Waals surface area contributed by atoms with E-state index >= 15 is 0 Å². The SMILES string of the molecule is CS(=O)(=O)c1ccc(-c2cn(CC/C(CO[N+](=O)[O-])=N\O)nc2C2CCCCC2)cc1. The Morgan fingerprint density at radius 1 is 1.29 bits per heavy atom. The Balaban J connectivity index is 1.85. The molecule has 0 spiro atoms. The van der Waals surface area contributed by atoms with Gasteiger partial charge in [-0.2, -0.15) is 5.10 Å². The van der Waals surface area contributed by atoms with Gasteiger partial charge >= 0.3 is 0 Å². The van der Waals surface area contributed by atoms with Crippen molar-refractivity contribution in [2.45, 2.75) is 55.9 Å². The first-order valence-corrected chi connectivity index (χ1v) is 12.0. The number of rotatable bonds is 9. The number of sulfone groups is 1. The van der Waals surface area contributed by atoms with E-state index in [1.807, 2.05) is 6.20 Å². The number of nitrogens with zero attached hydrogens (tertiary/aromatic N) is 4. The van der Waals surface area contributed by atoms with Crippen molar-refractivity contribution >= 4 is 15.5 Å². The first-order chi connectivity index (χ1) is 14.8. The third-order valence-electron chi connectivity index (χ3n) is 5.48. The van der Waals surface area contributed by atoms with Crippen LogP contribution in [0.3, 0.4) is 0 Å². The van der Waals surface area contributed by atoms with Crippen LogP contribution < -0.4 is 0 Å². The van der Waals surface area contributed by atoms with Gasteiger partial charge in [0, 0.05) is 36.9 Å². The van der Waals surface area contributed by atoms with Crippen molar-refractivity contribution in [2.75, 3.05) is 12.9 Å². The van der Waals surface area contributed by atoms with E-state index in [-0.39, 0.29) is 17.0 Å². The fraction of sp³-hybridized carbons (Fsp3) is 0.500.